The van der Waals surface area contributed by atoms with Crippen molar-refractivity contribution in [1.82, 2.24) is 0 Å². The molecular formula is C16H14BrFO. The molecule has 0 amide bonds. The lowest BCUT2D eigenvalue weighted by atomic mass is 9.99. The second kappa shape index (κ2) is 5.66. The minimum Gasteiger partial charge on any atom is -0.294 e. The number of Topliss-reactive ketones (excluding diaryl/α,β-unsaturated/α-hetero) is 1. The topological polar surface area (TPSA) is 17.1 Å². The fourth-order valence-electron chi connectivity index (χ4n) is 1.91. The smallest absolute Gasteiger partial charge is 0.168 e. The molecule has 0 radical (unpaired) electrons. The van der Waals surface area contributed by atoms with Gasteiger partial charge in [-0.1, -0.05) is 18.2 Å². The van der Waals surface area contributed by atoms with E-state index >= 15 is 0 Å². The van der Waals surface area contributed by atoms with Crippen LogP contribution in [0.4, 0.5) is 4.39 Å². The van der Waals surface area contributed by atoms with E-state index in [4.69, 9.17) is 0 Å². The number of halogens is 2. The van der Waals surface area contributed by atoms with Gasteiger partial charge in [0.15, 0.2) is 5.78 Å². The maximum Gasteiger partial charge on any atom is 0.168 e. The molecule has 19 heavy (non-hydrogen) atoms. The molecule has 98 valence electrons. The van der Waals surface area contributed by atoms with Gasteiger partial charge in [0.25, 0.3) is 0 Å². The zero-order valence-electron chi connectivity index (χ0n) is 10.8. The maximum atomic E-state index is 13.0. The van der Waals surface area contributed by atoms with Crippen LogP contribution in [-0.4, -0.2) is 5.78 Å². The van der Waals surface area contributed by atoms with E-state index in [1.165, 1.54) is 29.3 Å². The largest absolute Gasteiger partial charge is 0.294 e. The van der Waals surface area contributed by atoms with Gasteiger partial charge >= 0.3 is 0 Å². The molecule has 2 aromatic carbocycles. The summed E-state index contributed by atoms with van der Waals surface area (Å²) in [7, 11) is 0. The normalized spacial score (nSPS) is 10.5. The first-order chi connectivity index (χ1) is 8.97. The number of rotatable bonds is 3. The van der Waals surface area contributed by atoms with Crippen LogP contribution in [0.5, 0.6) is 0 Å². The second-order valence-corrected chi connectivity index (χ2v) is 5.50. The molecule has 0 fully saturated rings. The van der Waals surface area contributed by atoms with E-state index in [-0.39, 0.29) is 11.6 Å². The van der Waals surface area contributed by atoms with E-state index < -0.39 is 0 Å². The lowest BCUT2D eigenvalue weighted by Crippen LogP contribution is -2.05. The van der Waals surface area contributed by atoms with E-state index in [2.05, 4.69) is 15.9 Å². The summed E-state index contributed by atoms with van der Waals surface area (Å²) >= 11 is 3.23. The fraction of sp³-hybridized carbons (Fsp3) is 0.188. The number of aryl methyl sites for hydroxylation is 2. The monoisotopic (exact) mass is 320 g/mol. The van der Waals surface area contributed by atoms with Crippen molar-refractivity contribution in [2.24, 2.45) is 0 Å². The Bertz CT molecular complexity index is 635. The molecule has 0 aliphatic heterocycles. The molecule has 0 aromatic heterocycles. The predicted octanol–water partition coefficient (Wildman–Crippen LogP) is 4.63. The third kappa shape index (κ3) is 3.29. The number of hydrogen-bond donors (Lipinski definition) is 0. The van der Waals surface area contributed by atoms with Gasteiger partial charge in [-0.2, -0.15) is 0 Å². The Morgan fingerprint density at radius 3 is 2.47 bits per heavy atom. The molecule has 0 aliphatic rings. The highest BCUT2D eigenvalue weighted by Crippen LogP contribution is 2.20. The van der Waals surface area contributed by atoms with Crippen molar-refractivity contribution < 1.29 is 9.18 Å². The maximum absolute atomic E-state index is 13.0. The third-order valence-corrected chi connectivity index (χ3v) is 3.82. The predicted molar refractivity (Wildman–Crippen MR) is 78.1 cm³/mol. The summed E-state index contributed by atoms with van der Waals surface area (Å²) in [6.07, 6.45) is 0.325. The third-order valence-electron chi connectivity index (χ3n) is 3.17. The average molecular weight is 321 g/mol. The summed E-state index contributed by atoms with van der Waals surface area (Å²) in [5.41, 5.74) is 3.87. The lowest BCUT2D eigenvalue weighted by molar-refractivity contribution is 0.0992. The van der Waals surface area contributed by atoms with E-state index in [0.29, 0.717) is 16.5 Å². The molecule has 2 aromatic rings. The summed E-state index contributed by atoms with van der Waals surface area (Å²) in [5.74, 6) is -0.371. The van der Waals surface area contributed by atoms with Gasteiger partial charge < -0.3 is 0 Å². The number of ketones is 1. The van der Waals surface area contributed by atoms with Crippen LogP contribution in [0, 0.1) is 19.7 Å². The molecule has 0 spiro atoms. The minimum atomic E-state index is -0.352. The molecule has 0 bridgehead atoms. The van der Waals surface area contributed by atoms with E-state index in [1.54, 1.807) is 0 Å². The summed E-state index contributed by atoms with van der Waals surface area (Å²) in [6, 6.07) is 10.1. The van der Waals surface area contributed by atoms with Crippen LogP contribution in [-0.2, 0) is 6.42 Å². The zero-order chi connectivity index (χ0) is 14.0. The van der Waals surface area contributed by atoms with Gasteiger partial charge in [-0.25, -0.2) is 4.39 Å². The Kier molecular flexibility index (Phi) is 4.15. The standard InChI is InChI=1S/C16H14BrFO/c1-10-3-4-12(7-11(10)2)8-16(19)14-6-5-13(18)9-15(14)17/h3-7,9H,8H2,1-2H3. The molecule has 2 rings (SSSR count). The average Bonchev–Trinajstić information content (AvgIpc) is 2.33. The Morgan fingerprint density at radius 2 is 1.84 bits per heavy atom. The van der Waals surface area contributed by atoms with Gasteiger partial charge in [-0.05, 0) is 64.7 Å². The molecule has 0 atom stereocenters. The summed E-state index contributed by atoms with van der Waals surface area (Å²) in [5, 5.41) is 0. The molecule has 3 heteroatoms. The van der Waals surface area contributed by atoms with Crippen molar-refractivity contribution in [2.75, 3.05) is 0 Å². The number of carbonyl (C=O) groups is 1. The van der Waals surface area contributed by atoms with Gasteiger partial charge in [0.1, 0.15) is 5.82 Å². The van der Waals surface area contributed by atoms with Crippen molar-refractivity contribution in [1.29, 1.82) is 0 Å². The first kappa shape index (κ1) is 13.9. The second-order valence-electron chi connectivity index (χ2n) is 4.64. The molecule has 1 nitrogen and oxygen atoms in total. The van der Waals surface area contributed by atoms with Crippen molar-refractivity contribution >= 4 is 21.7 Å². The minimum absolute atomic E-state index is 0.0184. The zero-order valence-corrected chi connectivity index (χ0v) is 12.4. The molecule has 0 saturated heterocycles. The van der Waals surface area contributed by atoms with E-state index in [1.807, 2.05) is 32.0 Å². The van der Waals surface area contributed by atoms with E-state index in [0.717, 1.165) is 5.56 Å². The highest BCUT2D eigenvalue weighted by Gasteiger charge is 2.11. The van der Waals surface area contributed by atoms with Gasteiger partial charge in [0, 0.05) is 16.5 Å². The SMILES string of the molecule is Cc1ccc(CC(=O)c2ccc(F)cc2Br)cc1C. The van der Waals surface area contributed by atoms with Crippen molar-refractivity contribution in [3.63, 3.8) is 0 Å². The lowest BCUT2D eigenvalue weighted by Gasteiger charge is -2.06. The number of benzene rings is 2. The van der Waals surface area contributed by atoms with Crippen molar-refractivity contribution in [2.45, 2.75) is 20.3 Å². The molecular weight excluding hydrogens is 307 g/mol. The number of carbonyl (C=O) groups excluding carboxylic acids is 1. The summed E-state index contributed by atoms with van der Waals surface area (Å²) < 4.78 is 13.5. The molecule has 0 N–H and O–H groups in total. The van der Waals surface area contributed by atoms with Gasteiger partial charge in [-0.3, -0.25) is 4.79 Å². The van der Waals surface area contributed by atoms with Crippen LogP contribution in [0.3, 0.4) is 0 Å². The first-order valence-corrected chi connectivity index (χ1v) is 6.81. The Balaban J connectivity index is 2.23. The molecule has 0 heterocycles. The quantitative estimate of drug-likeness (QED) is 0.753. The van der Waals surface area contributed by atoms with Crippen molar-refractivity contribution in [3.05, 3.63) is 68.9 Å². The molecule has 0 unspecified atom stereocenters. The highest BCUT2D eigenvalue weighted by molar-refractivity contribution is 9.10. The van der Waals surface area contributed by atoms with E-state index in [9.17, 15) is 9.18 Å². The van der Waals surface area contributed by atoms with Crippen LogP contribution in [0.2, 0.25) is 0 Å². The van der Waals surface area contributed by atoms with Crippen molar-refractivity contribution in [3.8, 4) is 0 Å². The van der Waals surface area contributed by atoms with Crippen LogP contribution in [0.1, 0.15) is 27.0 Å². The van der Waals surface area contributed by atoms with Crippen LogP contribution < -0.4 is 0 Å². The first-order valence-electron chi connectivity index (χ1n) is 6.02. The van der Waals surface area contributed by atoms with Crippen LogP contribution >= 0.6 is 15.9 Å². The summed E-state index contributed by atoms with van der Waals surface area (Å²) in [6.45, 7) is 4.06. The summed E-state index contributed by atoms with van der Waals surface area (Å²) in [4.78, 5) is 12.2. The highest BCUT2D eigenvalue weighted by atomic mass is 79.9. The Morgan fingerprint density at radius 1 is 1.11 bits per heavy atom. The van der Waals surface area contributed by atoms with Gasteiger partial charge in [0.05, 0.1) is 0 Å². The molecule has 0 saturated carbocycles. The van der Waals surface area contributed by atoms with Crippen LogP contribution in [0.15, 0.2) is 40.9 Å². The Labute approximate surface area is 120 Å². The Hall–Kier alpha value is -1.48. The van der Waals surface area contributed by atoms with Crippen LogP contribution in [0.25, 0.3) is 0 Å². The van der Waals surface area contributed by atoms with Gasteiger partial charge in [-0.15, -0.1) is 0 Å². The van der Waals surface area contributed by atoms with Gasteiger partial charge in [0.2, 0.25) is 0 Å². The molecule has 0 aliphatic carbocycles. The number of hydrogen-bond acceptors (Lipinski definition) is 1. The fourth-order valence-corrected chi connectivity index (χ4v) is 2.48.